The third-order valence-electron chi connectivity index (χ3n) is 3.96. The number of carbonyl (C=O) groups is 1. The van der Waals surface area contributed by atoms with Crippen LogP contribution in [0.25, 0.3) is 0 Å². The van der Waals surface area contributed by atoms with Crippen LogP contribution in [0.3, 0.4) is 0 Å². The number of carbonyl (C=O) groups excluding carboxylic acids is 1. The summed E-state index contributed by atoms with van der Waals surface area (Å²) in [4.78, 5) is 12.3. The van der Waals surface area contributed by atoms with Crippen LogP contribution < -0.4 is 10.6 Å². The Labute approximate surface area is 123 Å². The number of halogens is 1. The summed E-state index contributed by atoms with van der Waals surface area (Å²) in [6.45, 7) is 2.01. The minimum absolute atomic E-state index is 0.156. The molecule has 4 heteroatoms. The Morgan fingerprint density at radius 2 is 1.95 bits per heavy atom. The first-order chi connectivity index (χ1) is 9.10. The zero-order valence-corrected chi connectivity index (χ0v) is 13.1. The minimum Gasteiger partial charge on any atom is -0.326 e. The van der Waals surface area contributed by atoms with Gasteiger partial charge >= 0.3 is 0 Å². The molecular formula is C15H21BrN2O. The summed E-state index contributed by atoms with van der Waals surface area (Å²) < 4.78 is 0.993. The molecule has 1 fully saturated rings. The van der Waals surface area contributed by atoms with Gasteiger partial charge < -0.3 is 10.6 Å². The SMILES string of the molecule is CNC1CCC(C(=O)Nc2cc(Br)ccc2C)CC1. The molecule has 0 bridgehead atoms. The number of hydrogen-bond acceptors (Lipinski definition) is 2. The molecular weight excluding hydrogens is 304 g/mol. The Morgan fingerprint density at radius 3 is 2.58 bits per heavy atom. The van der Waals surface area contributed by atoms with Crippen LogP contribution in [-0.4, -0.2) is 19.0 Å². The van der Waals surface area contributed by atoms with E-state index in [1.807, 2.05) is 32.2 Å². The molecule has 0 saturated heterocycles. The molecule has 0 spiro atoms. The van der Waals surface area contributed by atoms with Gasteiger partial charge in [-0.05, 0) is 57.4 Å². The Balaban J connectivity index is 1.96. The summed E-state index contributed by atoms with van der Waals surface area (Å²) in [5.41, 5.74) is 2.01. The van der Waals surface area contributed by atoms with Gasteiger partial charge in [0.1, 0.15) is 0 Å². The smallest absolute Gasteiger partial charge is 0.227 e. The summed E-state index contributed by atoms with van der Waals surface area (Å²) in [7, 11) is 2.00. The van der Waals surface area contributed by atoms with E-state index in [2.05, 4.69) is 26.6 Å². The van der Waals surface area contributed by atoms with E-state index in [1.165, 1.54) is 0 Å². The van der Waals surface area contributed by atoms with E-state index in [4.69, 9.17) is 0 Å². The van der Waals surface area contributed by atoms with E-state index in [1.54, 1.807) is 0 Å². The maximum atomic E-state index is 12.3. The number of amides is 1. The molecule has 0 unspecified atom stereocenters. The van der Waals surface area contributed by atoms with Gasteiger partial charge in [0.25, 0.3) is 0 Å². The van der Waals surface area contributed by atoms with Crippen molar-refractivity contribution in [2.75, 3.05) is 12.4 Å². The summed E-state index contributed by atoms with van der Waals surface area (Å²) >= 11 is 3.44. The highest BCUT2D eigenvalue weighted by Crippen LogP contribution is 2.27. The Morgan fingerprint density at radius 1 is 1.26 bits per heavy atom. The standard InChI is InChI=1S/C15H21BrN2O/c1-10-3-6-12(16)9-14(10)18-15(19)11-4-7-13(17-2)8-5-11/h3,6,9,11,13,17H,4-5,7-8H2,1-2H3,(H,18,19). The van der Waals surface area contributed by atoms with E-state index in [-0.39, 0.29) is 11.8 Å². The van der Waals surface area contributed by atoms with Gasteiger partial charge in [0, 0.05) is 22.1 Å². The predicted octanol–water partition coefficient (Wildman–Crippen LogP) is 3.47. The van der Waals surface area contributed by atoms with Gasteiger partial charge in [-0.1, -0.05) is 22.0 Å². The van der Waals surface area contributed by atoms with Crippen molar-refractivity contribution in [3.8, 4) is 0 Å². The van der Waals surface area contributed by atoms with E-state index < -0.39 is 0 Å². The van der Waals surface area contributed by atoms with Crippen molar-refractivity contribution in [1.82, 2.24) is 5.32 Å². The maximum absolute atomic E-state index is 12.3. The van der Waals surface area contributed by atoms with E-state index in [9.17, 15) is 4.79 Å². The zero-order chi connectivity index (χ0) is 13.8. The fourth-order valence-corrected chi connectivity index (χ4v) is 2.97. The van der Waals surface area contributed by atoms with Crippen molar-refractivity contribution >= 4 is 27.5 Å². The number of hydrogen-bond donors (Lipinski definition) is 2. The molecule has 1 aromatic carbocycles. The lowest BCUT2D eigenvalue weighted by atomic mass is 9.85. The Hall–Kier alpha value is -0.870. The molecule has 1 aliphatic rings. The molecule has 0 radical (unpaired) electrons. The predicted molar refractivity (Wildman–Crippen MR) is 82.3 cm³/mol. The quantitative estimate of drug-likeness (QED) is 0.893. The maximum Gasteiger partial charge on any atom is 0.227 e. The summed E-state index contributed by atoms with van der Waals surface area (Å²) in [6.07, 6.45) is 4.13. The first-order valence-corrected chi connectivity index (χ1v) is 7.63. The number of rotatable bonds is 3. The molecule has 1 aromatic rings. The summed E-state index contributed by atoms with van der Waals surface area (Å²) in [5.74, 6) is 0.318. The molecule has 2 N–H and O–H groups in total. The Kier molecular flexibility index (Phi) is 4.99. The molecule has 2 rings (SSSR count). The van der Waals surface area contributed by atoms with Crippen LogP contribution in [0.2, 0.25) is 0 Å². The van der Waals surface area contributed by atoms with Crippen LogP contribution in [0.5, 0.6) is 0 Å². The van der Waals surface area contributed by atoms with Crippen molar-refractivity contribution < 1.29 is 4.79 Å². The highest BCUT2D eigenvalue weighted by molar-refractivity contribution is 9.10. The van der Waals surface area contributed by atoms with Crippen LogP contribution in [0, 0.1) is 12.8 Å². The molecule has 0 aliphatic heterocycles. The average Bonchev–Trinajstić information content (AvgIpc) is 2.43. The molecule has 1 saturated carbocycles. The monoisotopic (exact) mass is 324 g/mol. The molecule has 104 valence electrons. The largest absolute Gasteiger partial charge is 0.326 e. The van der Waals surface area contributed by atoms with Crippen molar-refractivity contribution in [1.29, 1.82) is 0 Å². The second-order valence-electron chi connectivity index (χ2n) is 5.29. The van der Waals surface area contributed by atoms with Crippen molar-refractivity contribution in [3.05, 3.63) is 28.2 Å². The molecule has 0 atom stereocenters. The van der Waals surface area contributed by atoms with Gasteiger partial charge in [-0.2, -0.15) is 0 Å². The van der Waals surface area contributed by atoms with Gasteiger partial charge in [-0.3, -0.25) is 4.79 Å². The highest BCUT2D eigenvalue weighted by Gasteiger charge is 2.25. The van der Waals surface area contributed by atoms with E-state index in [0.717, 1.165) is 41.4 Å². The third-order valence-corrected chi connectivity index (χ3v) is 4.46. The van der Waals surface area contributed by atoms with Crippen molar-refractivity contribution in [2.45, 2.75) is 38.6 Å². The number of nitrogens with one attached hydrogen (secondary N) is 2. The van der Waals surface area contributed by atoms with Crippen molar-refractivity contribution in [2.24, 2.45) is 5.92 Å². The van der Waals surface area contributed by atoms with Crippen LogP contribution >= 0.6 is 15.9 Å². The number of benzene rings is 1. The van der Waals surface area contributed by atoms with Crippen LogP contribution in [-0.2, 0) is 4.79 Å². The van der Waals surface area contributed by atoms with Crippen LogP contribution in [0.4, 0.5) is 5.69 Å². The molecule has 1 aliphatic carbocycles. The van der Waals surface area contributed by atoms with E-state index in [0.29, 0.717) is 6.04 Å². The number of aryl methyl sites for hydroxylation is 1. The highest BCUT2D eigenvalue weighted by atomic mass is 79.9. The average molecular weight is 325 g/mol. The van der Waals surface area contributed by atoms with Gasteiger partial charge in [0.05, 0.1) is 0 Å². The topological polar surface area (TPSA) is 41.1 Å². The molecule has 3 nitrogen and oxygen atoms in total. The van der Waals surface area contributed by atoms with Crippen LogP contribution in [0.15, 0.2) is 22.7 Å². The first-order valence-electron chi connectivity index (χ1n) is 6.84. The first kappa shape index (κ1) is 14.5. The fourth-order valence-electron chi connectivity index (χ4n) is 2.61. The molecule has 1 amide bonds. The minimum atomic E-state index is 0.156. The third kappa shape index (κ3) is 3.80. The fraction of sp³-hybridized carbons (Fsp3) is 0.533. The zero-order valence-electron chi connectivity index (χ0n) is 11.5. The second-order valence-corrected chi connectivity index (χ2v) is 6.20. The summed E-state index contributed by atoms with van der Waals surface area (Å²) in [6, 6.07) is 6.55. The van der Waals surface area contributed by atoms with Crippen LogP contribution in [0.1, 0.15) is 31.2 Å². The lowest BCUT2D eigenvalue weighted by molar-refractivity contribution is -0.120. The van der Waals surface area contributed by atoms with Gasteiger partial charge in [-0.25, -0.2) is 0 Å². The normalized spacial score (nSPS) is 23.1. The molecule has 19 heavy (non-hydrogen) atoms. The lowest BCUT2D eigenvalue weighted by Gasteiger charge is -2.27. The Bertz CT molecular complexity index is 453. The van der Waals surface area contributed by atoms with Gasteiger partial charge in [-0.15, -0.1) is 0 Å². The second kappa shape index (κ2) is 6.53. The molecule has 0 heterocycles. The van der Waals surface area contributed by atoms with E-state index >= 15 is 0 Å². The van der Waals surface area contributed by atoms with Gasteiger partial charge in [0.15, 0.2) is 0 Å². The number of anilines is 1. The lowest BCUT2D eigenvalue weighted by Crippen LogP contribution is -2.34. The molecule has 0 aromatic heterocycles. The van der Waals surface area contributed by atoms with Crippen molar-refractivity contribution in [3.63, 3.8) is 0 Å². The van der Waals surface area contributed by atoms with Gasteiger partial charge in [0.2, 0.25) is 5.91 Å². The summed E-state index contributed by atoms with van der Waals surface area (Å²) in [5, 5.41) is 6.36.